The van der Waals surface area contributed by atoms with E-state index in [9.17, 15) is 5.11 Å². The third-order valence-electron chi connectivity index (χ3n) is 3.21. The average Bonchev–Trinajstić information content (AvgIpc) is 2.41. The molecule has 5 heteroatoms. The summed E-state index contributed by atoms with van der Waals surface area (Å²) >= 11 is 15.4. The molecule has 0 spiro atoms. The van der Waals surface area contributed by atoms with E-state index in [-0.39, 0.29) is 5.92 Å². The molecule has 0 fully saturated rings. The van der Waals surface area contributed by atoms with Crippen molar-refractivity contribution in [3.63, 3.8) is 0 Å². The van der Waals surface area contributed by atoms with Crippen molar-refractivity contribution in [2.45, 2.75) is 12.0 Å². The van der Waals surface area contributed by atoms with Gasteiger partial charge in [-0.15, -0.1) is 0 Å². The molecule has 0 aliphatic heterocycles. The maximum absolute atomic E-state index is 10.6. The van der Waals surface area contributed by atoms with Crippen LogP contribution < -0.4 is 5.73 Å². The van der Waals surface area contributed by atoms with E-state index in [4.69, 9.17) is 28.9 Å². The van der Waals surface area contributed by atoms with Crippen LogP contribution in [0.4, 0.5) is 0 Å². The van der Waals surface area contributed by atoms with E-state index in [2.05, 4.69) is 15.9 Å². The number of rotatable bonds is 4. The maximum atomic E-state index is 10.6. The molecule has 106 valence electrons. The summed E-state index contributed by atoms with van der Waals surface area (Å²) in [7, 11) is 0. The van der Waals surface area contributed by atoms with Crippen molar-refractivity contribution >= 4 is 39.1 Å². The van der Waals surface area contributed by atoms with E-state index in [1.54, 1.807) is 24.3 Å². The summed E-state index contributed by atoms with van der Waals surface area (Å²) in [5.74, 6) is -0.231. The number of halogens is 3. The van der Waals surface area contributed by atoms with Gasteiger partial charge in [-0.3, -0.25) is 0 Å². The number of hydrogen-bond donors (Lipinski definition) is 2. The summed E-state index contributed by atoms with van der Waals surface area (Å²) in [4.78, 5) is 0. The lowest BCUT2D eigenvalue weighted by Crippen LogP contribution is -2.20. The lowest BCUT2D eigenvalue weighted by Gasteiger charge is -2.23. The smallest absolute Gasteiger partial charge is 0.0885 e. The molecule has 2 atom stereocenters. The highest BCUT2D eigenvalue weighted by molar-refractivity contribution is 9.10. The normalized spacial score (nSPS) is 14.1. The molecule has 0 saturated carbocycles. The number of benzene rings is 2. The van der Waals surface area contributed by atoms with E-state index in [1.165, 1.54) is 0 Å². The molecule has 2 unspecified atom stereocenters. The standard InChI is InChI=1S/C15H14BrCl2NO/c16-10-3-6-12(14(18)7-10)15(20)13(8-19)9-1-4-11(17)5-2-9/h1-7,13,15,20H,8,19H2. The molecule has 2 nitrogen and oxygen atoms in total. The van der Waals surface area contributed by atoms with Crippen molar-refractivity contribution < 1.29 is 5.11 Å². The maximum Gasteiger partial charge on any atom is 0.0885 e. The largest absolute Gasteiger partial charge is 0.388 e. The Morgan fingerprint density at radius 1 is 1.10 bits per heavy atom. The van der Waals surface area contributed by atoms with E-state index >= 15 is 0 Å². The van der Waals surface area contributed by atoms with Gasteiger partial charge in [0, 0.05) is 27.0 Å². The molecule has 2 aromatic carbocycles. The summed E-state index contributed by atoms with van der Waals surface area (Å²) < 4.78 is 0.870. The number of aliphatic hydroxyl groups is 1. The summed E-state index contributed by atoms with van der Waals surface area (Å²) in [6, 6.07) is 12.7. The summed E-state index contributed by atoms with van der Waals surface area (Å²) in [6.45, 7) is 0.315. The topological polar surface area (TPSA) is 46.2 Å². The highest BCUT2D eigenvalue weighted by Gasteiger charge is 2.23. The molecule has 2 aromatic rings. The first-order chi connectivity index (χ1) is 9.52. The van der Waals surface area contributed by atoms with Crippen LogP contribution in [0.25, 0.3) is 0 Å². The highest BCUT2D eigenvalue weighted by Crippen LogP contribution is 2.35. The third-order valence-corrected chi connectivity index (χ3v) is 4.29. The van der Waals surface area contributed by atoms with Gasteiger partial charge in [0.15, 0.2) is 0 Å². The molecule has 20 heavy (non-hydrogen) atoms. The van der Waals surface area contributed by atoms with Gasteiger partial charge in [-0.05, 0) is 35.4 Å². The Morgan fingerprint density at radius 3 is 2.30 bits per heavy atom. The van der Waals surface area contributed by atoms with E-state index < -0.39 is 6.10 Å². The van der Waals surface area contributed by atoms with Crippen LogP contribution in [0.15, 0.2) is 46.9 Å². The van der Waals surface area contributed by atoms with Crippen molar-refractivity contribution in [2.75, 3.05) is 6.54 Å². The first kappa shape index (κ1) is 15.8. The first-order valence-electron chi connectivity index (χ1n) is 6.11. The SMILES string of the molecule is NCC(c1ccc(Cl)cc1)C(O)c1ccc(Br)cc1Cl. The van der Waals surface area contributed by atoms with Crippen molar-refractivity contribution in [3.8, 4) is 0 Å². The van der Waals surface area contributed by atoms with Crippen molar-refractivity contribution in [1.82, 2.24) is 0 Å². The van der Waals surface area contributed by atoms with Gasteiger partial charge >= 0.3 is 0 Å². The minimum atomic E-state index is -0.762. The van der Waals surface area contributed by atoms with Gasteiger partial charge in [0.25, 0.3) is 0 Å². The average molecular weight is 375 g/mol. The fourth-order valence-corrected chi connectivity index (χ4v) is 3.03. The van der Waals surface area contributed by atoms with Crippen LogP contribution in [0.2, 0.25) is 10.0 Å². The van der Waals surface area contributed by atoms with Gasteiger partial charge in [-0.2, -0.15) is 0 Å². The molecule has 0 amide bonds. The second-order valence-electron chi connectivity index (χ2n) is 4.50. The van der Waals surface area contributed by atoms with E-state index in [0.717, 1.165) is 10.0 Å². The van der Waals surface area contributed by atoms with Gasteiger partial charge in [0.05, 0.1) is 6.10 Å². The molecule has 3 N–H and O–H groups in total. The van der Waals surface area contributed by atoms with Crippen LogP contribution >= 0.6 is 39.1 Å². The third kappa shape index (κ3) is 3.54. The Kier molecular flexibility index (Phi) is 5.47. The van der Waals surface area contributed by atoms with Gasteiger partial charge in [-0.25, -0.2) is 0 Å². The summed E-state index contributed by atoms with van der Waals surface area (Å²) in [6.07, 6.45) is -0.762. The zero-order chi connectivity index (χ0) is 14.7. The minimum absolute atomic E-state index is 0.231. The number of nitrogens with two attached hydrogens (primary N) is 1. The molecule has 0 aliphatic carbocycles. The lowest BCUT2D eigenvalue weighted by atomic mass is 9.89. The Morgan fingerprint density at radius 2 is 1.75 bits per heavy atom. The molecule has 0 bridgehead atoms. The predicted molar refractivity (Wildman–Crippen MR) is 87.4 cm³/mol. The lowest BCUT2D eigenvalue weighted by molar-refractivity contribution is 0.147. The van der Waals surface area contributed by atoms with Crippen LogP contribution in [0.5, 0.6) is 0 Å². The van der Waals surface area contributed by atoms with Gasteiger partial charge in [-0.1, -0.05) is 57.3 Å². The fourth-order valence-electron chi connectivity index (χ4n) is 2.12. The van der Waals surface area contributed by atoms with Crippen LogP contribution in [0.1, 0.15) is 23.1 Å². The van der Waals surface area contributed by atoms with E-state index in [0.29, 0.717) is 22.2 Å². The van der Waals surface area contributed by atoms with Crippen molar-refractivity contribution in [2.24, 2.45) is 5.73 Å². The quantitative estimate of drug-likeness (QED) is 0.825. The number of aliphatic hydroxyl groups excluding tert-OH is 1. The van der Waals surface area contributed by atoms with Crippen molar-refractivity contribution in [3.05, 3.63) is 68.1 Å². The van der Waals surface area contributed by atoms with Gasteiger partial charge < -0.3 is 10.8 Å². The first-order valence-corrected chi connectivity index (χ1v) is 7.66. The van der Waals surface area contributed by atoms with E-state index in [1.807, 2.05) is 18.2 Å². The molecule has 0 heterocycles. The van der Waals surface area contributed by atoms with Crippen LogP contribution in [0, 0.1) is 0 Å². The Hall–Kier alpha value is -0.580. The van der Waals surface area contributed by atoms with Crippen molar-refractivity contribution in [1.29, 1.82) is 0 Å². The number of hydrogen-bond acceptors (Lipinski definition) is 2. The molecule has 0 saturated heterocycles. The fraction of sp³-hybridized carbons (Fsp3) is 0.200. The molecule has 0 aromatic heterocycles. The highest BCUT2D eigenvalue weighted by atomic mass is 79.9. The molecular weight excluding hydrogens is 361 g/mol. The van der Waals surface area contributed by atoms with Gasteiger partial charge in [0.1, 0.15) is 0 Å². The minimum Gasteiger partial charge on any atom is -0.388 e. The monoisotopic (exact) mass is 373 g/mol. The van der Waals surface area contributed by atoms with Crippen LogP contribution in [-0.2, 0) is 0 Å². The second-order valence-corrected chi connectivity index (χ2v) is 6.26. The zero-order valence-corrected chi connectivity index (χ0v) is 13.7. The van der Waals surface area contributed by atoms with Gasteiger partial charge in [0.2, 0.25) is 0 Å². The molecule has 2 rings (SSSR count). The Bertz CT molecular complexity index is 589. The summed E-state index contributed by atoms with van der Waals surface area (Å²) in [5.41, 5.74) is 7.42. The molecule has 0 radical (unpaired) electrons. The molecule has 0 aliphatic rings. The predicted octanol–water partition coefficient (Wildman–Crippen LogP) is 4.53. The summed E-state index contributed by atoms with van der Waals surface area (Å²) in [5, 5.41) is 11.7. The Balaban J connectivity index is 2.33. The Labute approximate surface area is 136 Å². The second kappa shape index (κ2) is 6.92. The molecular formula is C15H14BrCl2NO. The van der Waals surface area contributed by atoms with Crippen LogP contribution in [-0.4, -0.2) is 11.7 Å². The zero-order valence-electron chi connectivity index (χ0n) is 10.6. The van der Waals surface area contributed by atoms with Crippen LogP contribution in [0.3, 0.4) is 0 Å².